The van der Waals surface area contributed by atoms with Crippen LogP contribution in [0.25, 0.3) is 0 Å². The molecule has 1 aromatic carbocycles. The van der Waals surface area contributed by atoms with E-state index in [0.29, 0.717) is 11.1 Å². The molecule has 2 N–H and O–H groups in total. The molecule has 0 aliphatic rings. The van der Waals surface area contributed by atoms with Gasteiger partial charge in [0.2, 0.25) is 0 Å². The highest BCUT2D eigenvalue weighted by atomic mass is 19.3. The fraction of sp³-hybridized carbons (Fsp3) is 0.467. The number of aryl methyl sites for hydroxylation is 2. The van der Waals surface area contributed by atoms with Gasteiger partial charge in [-0.25, -0.2) is 0 Å². The lowest BCUT2D eigenvalue weighted by molar-refractivity contribution is -0.146. The standard InChI is InChI=1S/C15H19F2NO4/c1-8-5-10(6-9(2)11(8)22-14(16)17)12(19)18-7-15(3,4)13(20)21/h5-6,14H,7H2,1-4H3,(H,18,19)(H,20,21). The third-order valence-corrected chi connectivity index (χ3v) is 3.20. The van der Waals surface area contributed by atoms with E-state index in [-0.39, 0.29) is 17.9 Å². The third-order valence-electron chi connectivity index (χ3n) is 3.20. The van der Waals surface area contributed by atoms with Gasteiger partial charge in [-0.1, -0.05) is 0 Å². The van der Waals surface area contributed by atoms with Crippen LogP contribution in [0.1, 0.15) is 35.3 Å². The zero-order valence-corrected chi connectivity index (χ0v) is 12.9. The van der Waals surface area contributed by atoms with Crippen molar-refractivity contribution >= 4 is 11.9 Å². The Morgan fingerprint density at radius 3 is 2.18 bits per heavy atom. The normalized spacial score (nSPS) is 11.4. The van der Waals surface area contributed by atoms with E-state index in [1.807, 2.05) is 0 Å². The van der Waals surface area contributed by atoms with Crippen molar-refractivity contribution in [3.63, 3.8) is 0 Å². The highest BCUT2D eigenvalue weighted by Crippen LogP contribution is 2.26. The zero-order chi connectivity index (χ0) is 17.1. The van der Waals surface area contributed by atoms with Gasteiger partial charge in [0.1, 0.15) is 5.75 Å². The van der Waals surface area contributed by atoms with E-state index in [0.717, 1.165) is 0 Å². The van der Waals surface area contributed by atoms with Crippen LogP contribution >= 0.6 is 0 Å². The van der Waals surface area contributed by atoms with Gasteiger partial charge in [0.05, 0.1) is 5.41 Å². The topological polar surface area (TPSA) is 75.6 Å². The highest BCUT2D eigenvalue weighted by molar-refractivity contribution is 5.95. The van der Waals surface area contributed by atoms with E-state index >= 15 is 0 Å². The van der Waals surface area contributed by atoms with E-state index in [1.54, 1.807) is 13.8 Å². The van der Waals surface area contributed by atoms with E-state index in [9.17, 15) is 18.4 Å². The summed E-state index contributed by atoms with van der Waals surface area (Å²) in [6.45, 7) is 3.12. The zero-order valence-electron chi connectivity index (χ0n) is 12.9. The Hall–Kier alpha value is -2.18. The van der Waals surface area contributed by atoms with Crippen molar-refractivity contribution < 1.29 is 28.2 Å². The molecule has 0 saturated carbocycles. The highest BCUT2D eigenvalue weighted by Gasteiger charge is 2.27. The Kier molecular flexibility index (Phi) is 5.46. The minimum Gasteiger partial charge on any atom is -0.481 e. The minimum atomic E-state index is -2.94. The van der Waals surface area contributed by atoms with Crippen molar-refractivity contribution in [2.24, 2.45) is 5.41 Å². The molecule has 0 aromatic heterocycles. The lowest BCUT2D eigenvalue weighted by Gasteiger charge is -2.20. The molecule has 1 aromatic rings. The van der Waals surface area contributed by atoms with Gasteiger partial charge < -0.3 is 15.2 Å². The molecule has 0 radical (unpaired) electrons. The number of carbonyl (C=O) groups is 2. The molecule has 0 atom stereocenters. The van der Waals surface area contributed by atoms with E-state index in [4.69, 9.17) is 5.11 Å². The van der Waals surface area contributed by atoms with Crippen LogP contribution in [0.4, 0.5) is 8.78 Å². The van der Waals surface area contributed by atoms with Crippen molar-refractivity contribution in [2.45, 2.75) is 34.3 Å². The van der Waals surface area contributed by atoms with Crippen molar-refractivity contribution in [3.05, 3.63) is 28.8 Å². The summed E-state index contributed by atoms with van der Waals surface area (Å²) in [7, 11) is 0. The Balaban J connectivity index is 2.90. The van der Waals surface area contributed by atoms with Crippen LogP contribution in [0.2, 0.25) is 0 Å². The van der Waals surface area contributed by atoms with E-state index < -0.39 is 23.9 Å². The van der Waals surface area contributed by atoms with Crippen molar-refractivity contribution in [1.29, 1.82) is 0 Å². The fourth-order valence-electron chi connectivity index (χ4n) is 1.84. The van der Waals surface area contributed by atoms with Gasteiger partial charge in [-0.3, -0.25) is 9.59 Å². The average molecular weight is 315 g/mol. The fourth-order valence-corrected chi connectivity index (χ4v) is 1.84. The van der Waals surface area contributed by atoms with Gasteiger partial charge in [0.25, 0.3) is 5.91 Å². The molecule has 0 aliphatic carbocycles. The van der Waals surface area contributed by atoms with Gasteiger partial charge in [-0.05, 0) is 51.0 Å². The van der Waals surface area contributed by atoms with E-state index in [2.05, 4.69) is 10.1 Å². The predicted octanol–water partition coefficient (Wildman–Crippen LogP) is 2.75. The number of nitrogens with one attached hydrogen (secondary N) is 1. The van der Waals surface area contributed by atoms with Crippen LogP contribution in [0.3, 0.4) is 0 Å². The first-order valence-corrected chi connectivity index (χ1v) is 6.62. The molecule has 1 amide bonds. The molecule has 0 saturated heterocycles. The number of benzene rings is 1. The largest absolute Gasteiger partial charge is 0.481 e. The first kappa shape index (κ1) is 17.9. The second kappa shape index (κ2) is 6.72. The van der Waals surface area contributed by atoms with Gasteiger partial charge in [0.15, 0.2) is 0 Å². The summed E-state index contributed by atoms with van der Waals surface area (Å²) in [5, 5.41) is 11.5. The summed E-state index contributed by atoms with van der Waals surface area (Å²) in [5.41, 5.74) is -0.0259. The predicted molar refractivity (Wildman–Crippen MR) is 76.3 cm³/mol. The molecule has 1 rings (SSSR count). The number of halogens is 2. The maximum Gasteiger partial charge on any atom is 0.387 e. The maximum atomic E-state index is 12.3. The van der Waals surface area contributed by atoms with Gasteiger partial charge in [-0.2, -0.15) is 8.78 Å². The SMILES string of the molecule is Cc1cc(C(=O)NCC(C)(C)C(=O)O)cc(C)c1OC(F)F. The number of carboxylic acid groups (broad SMARTS) is 1. The van der Waals surface area contributed by atoms with Crippen LogP contribution in [-0.4, -0.2) is 30.1 Å². The Bertz CT molecular complexity index is 562. The number of amides is 1. The molecular weight excluding hydrogens is 296 g/mol. The second-order valence-electron chi connectivity index (χ2n) is 5.69. The van der Waals surface area contributed by atoms with Gasteiger partial charge in [-0.15, -0.1) is 0 Å². The molecule has 7 heteroatoms. The van der Waals surface area contributed by atoms with E-state index in [1.165, 1.54) is 26.0 Å². The first-order chi connectivity index (χ1) is 10.0. The second-order valence-corrected chi connectivity index (χ2v) is 5.69. The van der Waals surface area contributed by atoms with Crippen LogP contribution in [0.15, 0.2) is 12.1 Å². The summed E-state index contributed by atoms with van der Waals surface area (Å²) in [6.07, 6.45) is 0. The monoisotopic (exact) mass is 315 g/mol. The first-order valence-electron chi connectivity index (χ1n) is 6.62. The Morgan fingerprint density at radius 2 is 1.77 bits per heavy atom. The molecule has 22 heavy (non-hydrogen) atoms. The van der Waals surface area contributed by atoms with Crippen LogP contribution in [-0.2, 0) is 4.79 Å². The summed E-state index contributed by atoms with van der Waals surface area (Å²) < 4.78 is 29.0. The minimum absolute atomic E-state index is 0.0393. The third kappa shape index (κ3) is 4.41. The number of ether oxygens (including phenoxy) is 1. The average Bonchev–Trinajstić information content (AvgIpc) is 2.39. The van der Waals surface area contributed by atoms with Crippen LogP contribution < -0.4 is 10.1 Å². The number of aliphatic carboxylic acids is 1. The maximum absolute atomic E-state index is 12.3. The van der Waals surface area contributed by atoms with Crippen LogP contribution in [0.5, 0.6) is 5.75 Å². The smallest absolute Gasteiger partial charge is 0.387 e. The molecule has 5 nitrogen and oxygen atoms in total. The summed E-state index contributed by atoms with van der Waals surface area (Å²) >= 11 is 0. The molecule has 0 spiro atoms. The molecule has 0 unspecified atom stereocenters. The lowest BCUT2D eigenvalue weighted by Crippen LogP contribution is -2.38. The van der Waals surface area contributed by atoms with Crippen molar-refractivity contribution in [1.82, 2.24) is 5.32 Å². The molecule has 0 heterocycles. The van der Waals surface area contributed by atoms with Crippen LogP contribution in [0, 0.1) is 19.3 Å². The number of alkyl halides is 2. The summed E-state index contributed by atoms with van der Waals surface area (Å²) in [4.78, 5) is 23.0. The molecule has 122 valence electrons. The van der Waals surface area contributed by atoms with Crippen molar-refractivity contribution in [3.8, 4) is 5.75 Å². The van der Waals surface area contributed by atoms with Crippen molar-refractivity contribution in [2.75, 3.05) is 6.54 Å². The number of rotatable bonds is 6. The van der Waals surface area contributed by atoms with Gasteiger partial charge >= 0.3 is 12.6 Å². The lowest BCUT2D eigenvalue weighted by atomic mass is 9.93. The summed E-state index contributed by atoms with van der Waals surface area (Å²) in [5.74, 6) is -1.46. The Morgan fingerprint density at radius 1 is 1.27 bits per heavy atom. The molecule has 0 fully saturated rings. The molecular formula is C15H19F2NO4. The summed E-state index contributed by atoms with van der Waals surface area (Å²) in [6, 6.07) is 2.85. The number of carbonyl (C=O) groups excluding carboxylic acids is 1. The van der Waals surface area contributed by atoms with Gasteiger partial charge in [0, 0.05) is 12.1 Å². The number of carboxylic acids is 1. The number of hydrogen-bond acceptors (Lipinski definition) is 3. The quantitative estimate of drug-likeness (QED) is 0.846. The Labute approximate surface area is 127 Å². The molecule has 0 aliphatic heterocycles. The molecule has 0 bridgehead atoms. The number of hydrogen-bond donors (Lipinski definition) is 2.